The van der Waals surface area contributed by atoms with Gasteiger partial charge in [-0.15, -0.1) is 0 Å². The van der Waals surface area contributed by atoms with E-state index < -0.39 is 0 Å². The molecule has 1 aromatic carbocycles. The number of benzene rings is 1. The highest BCUT2D eigenvalue weighted by Gasteiger charge is 2.26. The Labute approximate surface area is 209 Å². The second-order valence-corrected chi connectivity index (χ2v) is 10.0. The number of pyridine rings is 1. The number of nitrogens with zero attached hydrogens (tertiary/aromatic N) is 3. The number of aryl methyl sites for hydroxylation is 1. The Balaban J connectivity index is 1.29. The van der Waals surface area contributed by atoms with Gasteiger partial charge in [0.25, 0.3) is 5.91 Å². The zero-order valence-electron chi connectivity index (χ0n) is 20.0. The maximum atomic E-state index is 13.5. The Morgan fingerprint density at radius 1 is 1.20 bits per heavy atom. The first-order valence-electron chi connectivity index (χ1n) is 12.2. The molecule has 3 aromatic rings. The quantitative estimate of drug-likeness (QED) is 0.551. The number of imidazole rings is 1. The van der Waals surface area contributed by atoms with Crippen LogP contribution in [0.4, 0.5) is 0 Å². The summed E-state index contributed by atoms with van der Waals surface area (Å²) in [5.41, 5.74) is 3.89. The number of hydrogen-bond donors (Lipinski definition) is 2. The molecule has 1 atom stereocenters. The van der Waals surface area contributed by atoms with Gasteiger partial charge in [0.2, 0.25) is 0 Å². The van der Waals surface area contributed by atoms with Gasteiger partial charge in [-0.1, -0.05) is 29.8 Å². The number of hydrogen-bond acceptors (Lipinski definition) is 4. The van der Waals surface area contributed by atoms with Crippen LogP contribution in [0.5, 0.6) is 0 Å². The maximum Gasteiger partial charge on any atom is 0.333 e. The molecule has 0 radical (unpaired) electrons. The van der Waals surface area contributed by atoms with Gasteiger partial charge in [0, 0.05) is 31.0 Å². The summed E-state index contributed by atoms with van der Waals surface area (Å²) in [5.74, 6) is 0.251. The molecule has 182 valence electrons. The van der Waals surface area contributed by atoms with E-state index in [1.807, 2.05) is 48.0 Å². The second kappa shape index (κ2) is 9.74. The molecule has 3 heterocycles. The summed E-state index contributed by atoms with van der Waals surface area (Å²) < 4.78 is 3.70. The van der Waals surface area contributed by atoms with E-state index in [4.69, 9.17) is 11.6 Å². The van der Waals surface area contributed by atoms with Crippen molar-refractivity contribution in [3.05, 3.63) is 81.6 Å². The Morgan fingerprint density at radius 2 is 1.94 bits per heavy atom. The lowest BCUT2D eigenvalue weighted by Crippen LogP contribution is -2.39. The van der Waals surface area contributed by atoms with Gasteiger partial charge in [0.05, 0.1) is 33.0 Å². The standard InChI is InChI=1S/C27H30ClN5O2/c1-17-7-12-22(15-29-17)33-25-6-4-3-5-24(25)32(27(33)35)16-19-8-10-21(11-9-19)31-26(34)23-13-20(28)14-30-18(23)2/h3-7,12-15,17,19,21,29H,8-11,16H2,1-2H3,(H,31,34)/t17?,19-,21-. The zero-order valence-corrected chi connectivity index (χ0v) is 20.8. The number of para-hydroxylation sites is 2. The molecule has 0 bridgehead atoms. The summed E-state index contributed by atoms with van der Waals surface area (Å²) >= 11 is 6.03. The van der Waals surface area contributed by atoms with Crippen LogP contribution in [0.25, 0.3) is 16.7 Å². The van der Waals surface area contributed by atoms with E-state index in [9.17, 15) is 9.59 Å². The molecule has 2 aromatic heterocycles. The molecule has 0 spiro atoms. The molecule has 1 fully saturated rings. The van der Waals surface area contributed by atoms with Crippen molar-refractivity contribution in [2.24, 2.45) is 5.92 Å². The Bertz CT molecular complexity index is 1380. The third kappa shape index (κ3) is 4.78. The molecule has 1 unspecified atom stereocenters. The molecule has 5 rings (SSSR count). The highest BCUT2D eigenvalue weighted by molar-refractivity contribution is 6.30. The number of dihydropyridines is 1. The van der Waals surface area contributed by atoms with Crippen molar-refractivity contribution in [2.75, 3.05) is 0 Å². The fourth-order valence-electron chi connectivity index (χ4n) is 5.08. The van der Waals surface area contributed by atoms with Crippen molar-refractivity contribution in [1.29, 1.82) is 0 Å². The number of aromatic nitrogens is 3. The lowest BCUT2D eigenvalue weighted by Gasteiger charge is -2.29. The minimum atomic E-state index is -0.128. The van der Waals surface area contributed by atoms with E-state index in [1.54, 1.807) is 16.8 Å². The average Bonchev–Trinajstić information content (AvgIpc) is 3.13. The van der Waals surface area contributed by atoms with E-state index in [0.29, 0.717) is 28.7 Å². The van der Waals surface area contributed by atoms with Crippen LogP contribution in [0.15, 0.2) is 59.7 Å². The minimum absolute atomic E-state index is 0.0159. The van der Waals surface area contributed by atoms with Gasteiger partial charge < -0.3 is 10.6 Å². The number of allylic oxidation sites excluding steroid dienone is 2. The number of rotatable bonds is 5. The highest BCUT2D eigenvalue weighted by Crippen LogP contribution is 2.28. The first-order chi connectivity index (χ1) is 16.9. The summed E-state index contributed by atoms with van der Waals surface area (Å²) in [4.78, 5) is 30.5. The molecular formula is C27H30ClN5O2. The van der Waals surface area contributed by atoms with E-state index in [1.165, 1.54) is 0 Å². The number of amides is 1. The average molecular weight is 492 g/mol. The van der Waals surface area contributed by atoms with Crippen molar-refractivity contribution in [1.82, 2.24) is 24.8 Å². The third-order valence-electron chi connectivity index (χ3n) is 7.06. The summed E-state index contributed by atoms with van der Waals surface area (Å²) in [6.07, 6.45) is 11.2. The van der Waals surface area contributed by atoms with Gasteiger partial charge in [-0.05, 0) is 69.7 Å². The molecule has 35 heavy (non-hydrogen) atoms. The maximum absolute atomic E-state index is 13.5. The predicted octanol–water partition coefficient (Wildman–Crippen LogP) is 4.49. The lowest BCUT2D eigenvalue weighted by atomic mass is 9.85. The van der Waals surface area contributed by atoms with Crippen LogP contribution in [-0.2, 0) is 6.54 Å². The van der Waals surface area contributed by atoms with Gasteiger partial charge >= 0.3 is 5.69 Å². The molecule has 2 aliphatic rings. The van der Waals surface area contributed by atoms with Crippen LogP contribution >= 0.6 is 11.6 Å². The summed E-state index contributed by atoms with van der Waals surface area (Å²) in [6.45, 7) is 4.55. The van der Waals surface area contributed by atoms with Crippen molar-refractivity contribution in [3.63, 3.8) is 0 Å². The largest absolute Gasteiger partial charge is 0.383 e. The Hall–Kier alpha value is -3.32. The Kier molecular flexibility index (Phi) is 6.52. The molecule has 1 aliphatic heterocycles. The normalized spacial score (nSPS) is 22.0. The molecule has 7 nitrogen and oxygen atoms in total. The van der Waals surface area contributed by atoms with E-state index in [2.05, 4.69) is 28.6 Å². The smallest absolute Gasteiger partial charge is 0.333 e. The highest BCUT2D eigenvalue weighted by atomic mass is 35.5. The number of halogens is 1. The van der Waals surface area contributed by atoms with Crippen molar-refractivity contribution < 1.29 is 4.79 Å². The minimum Gasteiger partial charge on any atom is -0.383 e. The van der Waals surface area contributed by atoms with E-state index in [0.717, 1.165) is 42.4 Å². The molecular weight excluding hydrogens is 462 g/mol. The Morgan fingerprint density at radius 3 is 2.66 bits per heavy atom. The summed E-state index contributed by atoms with van der Waals surface area (Å²) in [6, 6.07) is 9.99. The van der Waals surface area contributed by atoms with Crippen molar-refractivity contribution >= 4 is 34.2 Å². The van der Waals surface area contributed by atoms with Gasteiger partial charge in [-0.3, -0.25) is 18.9 Å². The van der Waals surface area contributed by atoms with Crippen LogP contribution < -0.4 is 16.3 Å². The summed E-state index contributed by atoms with van der Waals surface area (Å²) in [5, 5.41) is 6.89. The second-order valence-electron chi connectivity index (χ2n) is 9.58. The molecule has 2 N–H and O–H groups in total. The van der Waals surface area contributed by atoms with Crippen molar-refractivity contribution in [3.8, 4) is 0 Å². The van der Waals surface area contributed by atoms with Crippen LogP contribution in [-0.4, -0.2) is 32.1 Å². The van der Waals surface area contributed by atoms with Crippen LogP contribution in [0.3, 0.4) is 0 Å². The predicted molar refractivity (Wildman–Crippen MR) is 139 cm³/mol. The fourth-order valence-corrected chi connectivity index (χ4v) is 5.24. The first kappa shape index (κ1) is 23.4. The SMILES string of the molecule is Cc1ncc(Cl)cc1C(=O)N[C@H]1CC[C@H](Cn2c(=O)n(C3=CNC(C)C=C3)c3ccccc32)CC1. The topological polar surface area (TPSA) is 81.0 Å². The van der Waals surface area contributed by atoms with Gasteiger partial charge in [0.1, 0.15) is 0 Å². The van der Waals surface area contributed by atoms with Crippen molar-refractivity contribution in [2.45, 2.75) is 58.2 Å². The molecule has 0 saturated heterocycles. The summed E-state index contributed by atoms with van der Waals surface area (Å²) in [7, 11) is 0. The third-order valence-corrected chi connectivity index (χ3v) is 7.27. The molecule has 8 heteroatoms. The fraction of sp³-hybridized carbons (Fsp3) is 0.370. The van der Waals surface area contributed by atoms with E-state index in [-0.39, 0.29) is 23.7 Å². The van der Waals surface area contributed by atoms with Gasteiger partial charge in [-0.2, -0.15) is 0 Å². The number of nitrogens with one attached hydrogen (secondary N) is 2. The van der Waals surface area contributed by atoms with E-state index >= 15 is 0 Å². The molecule has 1 aliphatic carbocycles. The molecule has 1 saturated carbocycles. The molecule has 1 amide bonds. The monoisotopic (exact) mass is 491 g/mol. The number of carbonyl (C=O) groups is 1. The lowest BCUT2D eigenvalue weighted by molar-refractivity contribution is 0.0919. The van der Waals surface area contributed by atoms with Crippen LogP contribution in [0, 0.1) is 12.8 Å². The van der Waals surface area contributed by atoms with Gasteiger partial charge in [0.15, 0.2) is 0 Å². The number of carbonyl (C=O) groups excluding carboxylic acids is 1. The first-order valence-corrected chi connectivity index (χ1v) is 12.6. The van der Waals surface area contributed by atoms with Gasteiger partial charge in [-0.25, -0.2) is 4.79 Å². The van der Waals surface area contributed by atoms with Crippen LogP contribution in [0.2, 0.25) is 5.02 Å². The number of fused-ring (bicyclic) bond motifs is 1. The van der Waals surface area contributed by atoms with Crippen LogP contribution in [0.1, 0.15) is 48.7 Å². The zero-order chi connectivity index (χ0) is 24.5.